The number of unbranched alkanes of at least 4 members (excludes halogenated alkanes) is 2. The van der Waals surface area contributed by atoms with E-state index < -0.39 is 12.1 Å². The Morgan fingerprint density at radius 3 is 2.89 bits per heavy atom. The van der Waals surface area contributed by atoms with E-state index >= 15 is 0 Å². The quantitative estimate of drug-likeness (QED) is 0.457. The lowest BCUT2D eigenvalue weighted by Crippen LogP contribution is -2.33. The number of aliphatic hydroxyl groups excluding tert-OH is 1. The lowest BCUT2D eigenvalue weighted by atomic mass is 10.1. The van der Waals surface area contributed by atoms with Gasteiger partial charge in [-0.05, 0) is 43.4 Å². The Kier molecular flexibility index (Phi) is 8.52. The fourth-order valence-electron chi connectivity index (χ4n) is 3.52. The van der Waals surface area contributed by atoms with Crippen LogP contribution in [-0.4, -0.2) is 45.7 Å². The van der Waals surface area contributed by atoms with Crippen molar-refractivity contribution in [3.05, 3.63) is 47.5 Å². The molecular weight excluding hydrogens is 342 g/mol. The van der Waals surface area contributed by atoms with Gasteiger partial charge in [0.1, 0.15) is 0 Å². The molecule has 1 saturated heterocycles. The number of hydrogen-bond donors (Lipinski definition) is 2. The van der Waals surface area contributed by atoms with Crippen molar-refractivity contribution < 1.29 is 19.8 Å². The van der Waals surface area contributed by atoms with Crippen molar-refractivity contribution in [2.75, 3.05) is 6.54 Å². The average Bonchev–Trinajstić information content (AvgIpc) is 3.00. The van der Waals surface area contributed by atoms with Gasteiger partial charge in [0.05, 0.1) is 17.7 Å². The van der Waals surface area contributed by atoms with Crippen molar-refractivity contribution in [1.82, 2.24) is 4.90 Å². The predicted octanol–water partition coefficient (Wildman–Crippen LogP) is 3.81. The molecule has 0 radical (unpaired) electrons. The van der Waals surface area contributed by atoms with Crippen LogP contribution in [0.25, 0.3) is 0 Å². The summed E-state index contributed by atoms with van der Waals surface area (Å²) in [6, 6.07) is 7.01. The van der Waals surface area contributed by atoms with E-state index in [0.717, 1.165) is 50.5 Å². The standard InChI is InChI=1S/C22H31NO4/c1-2-3-4-10-20(24)13-11-19-12-14-21(25)23(19)15-6-8-17-7-5-9-18(16-17)22(26)27/h5,7,9,11,13,16,19-20,24H,2-4,6,8,10,12,14-15H2,1H3,(H,26,27)/t19-,20?/m0/s1. The predicted molar refractivity (Wildman–Crippen MR) is 106 cm³/mol. The molecule has 5 heteroatoms. The molecule has 1 amide bonds. The normalized spacial score (nSPS) is 18.4. The van der Waals surface area contributed by atoms with E-state index in [-0.39, 0.29) is 11.9 Å². The SMILES string of the molecule is CCCCCC(O)C=C[C@H]1CCC(=O)N1CCCc1cccc(C(=O)O)c1. The lowest BCUT2D eigenvalue weighted by molar-refractivity contribution is -0.128. The zero-order valence-corrected chi connectivity index (χ0v) is 16.1. The van der Waals surface area contributed by atoms with E-state index in [1.54, 1.807) is 18.2 Å². The van der Waals surface area contributed by atoms with Gasteiger partial charge in [-0.3, -0.25) is 4.79 Å². The average molecular weight is 373 g/mol. The van der Waals surface area contributed by atoms with Crippen LogP contribution in [0.1, 0.15) is 67.8 Å². The Balaban J connectivity index is 1.83. The van der Waals surface area contributed by atoms with Gasteiger partial charge >= 0.3 is 5.97 Å². The van der Waals surface area contributed by atoms with Crippen molar-refractivity contribution in [3.8, 4) is 0 Å². The smallest absolute Gasteiger partial charge is 0.335 e. The first kappa shape index (κ1) is 21.2. The van der Waals surface area contributed by atoms with Gasteiger partial charge in [-0.25, -0.2) is 4.79 Å². The van der Waals surface area contributed by atoms with Crippen molar-refractivity contribution in [1.29, 1.82) is 0 Å². The Bertz CT molecular complexity index is 655. The van der Waals surface area contributed by atoms with Crippen LogP contribution in [0.3, 0.4) is 0 Å². The molecule has 148 valence electrons. The van der Waals surface area contributed by atoms with Crippen LogP contribution in [0.15, 0.2) is 36.4 Å². The molecule has 0 bridgehead atoms. The number of aliphatic hydroxyl groups is 1. The number of hydrogen-bond acceptors (Lipinski definition) is 3. The summed E-state index contributed by atoms with van der Waals surface area (Å²) in [5, 5.41) is 19.1. The van der Waals surface area contributed by atoms with Crippen LogP contribution in [0.2, 0.25) is 0 Å². The third kappa shape index (κ3) is 6.83. The lowest BCUT2D eigenvalue weighted by Gasteiger charge is -2.22. The molecule has 0 saturated carbocycles. The first-order valence-corrected chi connectivity index (χ1v) is 9.99. The van der Waals surface area contributed by atoms with E-state index in [9.17, 15) is 14.7 Å². The summed E-state index contributed by atoms with van der Waals surface area (Å²) in [7, 11) is 0. The third-order valence-corrected chi connectivity index (χ3v) is 5.07. The highest BCUT2D eigenvalue weighted by molar-refractivity contribution is 5.87. The number of rotatable bonds is 11. The summed E-state index contributed by atoms with van der Waals surface area (Å²) in [6.07, 6.45) is 10.3. The van der Waals surface area contributed by atoms with Crippen LogP contribution < -0.4 is 0 Å². The largest absolute Gasteiger partial charge is 0.478 e. The highest BCUT2D eigenvalue weighted by Crippen LogP contribution is 2.21. The highest BCUT2D eigenvalue weighted by Gasteiger charge is 2.28. The fourth-order valence-corrected chi connectivity index (χ4v) is 3.52. The number of carbonyl (C=O) groups is 2. The zero-order valence-electron chi connectivity index (χ0n) is 16.1. The molecule has 2 N–H and O–H groups in total. The second kappa shape index (κ2) is 10.9. The first-order valence-electron chi connectivity index (χ1n) is 9.99. The third-order valence-electron chi connectivity index (χ3n) is 5.07. The van der Waals surface area contributed by atoms with Crippen LogP contribution >= 0.6 is 0 Å². The van der Waals surface area contributed by atoms with Crippen molar-refractivity contribution in [3.63, 3.8) is 0 Å². The van der Waals surface area contributed by atoms with Crippen molar-refractivity contribution in [2.24, 2.45) is 0 Å². The Morgan fingerprint density at radius 2 is 2.15 bits per heavy atom. The topological polar surface area (TPSA) is 77.8 Å². The Labute approximate surface area is 161 Å². The van der Waals surface area contributed by atoms with Gasteiger partial charge in [0.25, 0.3) is 0 Å². The molecule has 1 aromatic rings. The summed E-state index contributed by atoms with van der Waals surface area (Å²) < 4.78 is 0. The summed E-state index contributed by atoms with van der Waals surface area (Å²) in [5.74, 6) is -0.765. The summed E-state index contributed by atoms with van der Waals surface area (Å²) in [4.78, 5) is 25.1. The van der Waals surface area contributed by atoms with Gasteiger partial charge in [-0.15, -0.1) is 0 Å². The van der Waals surface area contributed by atoms with Gasteiger partial charge in [0.15, 0.2) is 0 Å². The number of benzene rings is 1. The number of likely N-dealkylation sites (tertiary alicyclic amines) is 1. The minimum absolute atomic E-state index is 0.0590. The van der Waals surface area contributed by atoms with Gasteiger partial charge < -0.3 is 15.1 Å². The highest BCUT2D eigenvalue weighted by atomic mass is 16.4. The number of carboxylic acids is 1. The van der Waals surface area contributed by atoms with E-state index in [1.807, 2.05) is 23.1 Å². The molecule has 2 atom stereocenters. The zero-order chi connectivity index (χ0) is 19.6. The van der Waals surface area contributed by atoms with Crippen molar-refractivity contribution in [2.45, 2.75) is 70.4 Å². The van der Waals surface area contributed by atoms with Crippen molar-refractivity contribution >= 4 is 11.9 Å². The second-order valence-electron chi connectivity index (χ2n) is 7.25. The van der Waals surface area contributed by atoms with Gasteiger partial charge in [-0.2, -0.15) is 0 Å². The Morgan fingerprint density at radius 1 is 1.33 bits per heavy atom. The molecule has 1 heterocycles. The number of amides is 1. The molecule has 1 aromatic carbocycles. The maximum atomic E-state index is 12.2. The molecule has 1 fully saturated rings. The monoisotopic (exact) mass is 373 g/mol. The van der Waals surface area contributed by atoms with Gasteiger partial charge in [0.2, 0.25) is 5.91 Å². The van der Waals surface area contributed by atoms with E-state index in [0.29, 0.717) is 18.5 Å². The molecule has 1 aliphatic heterocycles. The molecule has 0 spiro atoms. The minimum atomic E-state index is -0.922. The summed E-state index contributed by atoms with van der Waals surface area (Å²) >= 11 is 0. The fraction of sp³-hybridized carbons (Fsp3) is 0.545. The van der Waals surface area contributed by atoms with Crippen LogP contribution in [0, 0.1) is 0 Å². The number of carboxylic acid groups (broad SMARTS) is 1. The molecular formula is C22H31NO4. The number of aryl methyl sites for hydroxylation is 1. The maximum Gasteiger partial charge on any atom is 0.335 e. The van der Waals surface area contributed by atoms with Gasteiger partial charge in [-0.1, -0.05) is 50.5 Å². The van der Waals surface area contributed by atoms with Crippen LogP contribution in [-0.2, 0) is 11.2 Å². The molecule has 5 nitrogen and oxygen atoms in total. The second-order valence-corrected chi connectivity index (χ2v) is 7.25. The van der Waals surface area contributed by atoms with E-state index in [2.05, 4.69) is 6.92 Å². The van der Waals surface area contributed by atoms with E-state index in [1.165, 1.54) is 0 Å². The summed E-state index contributed by atoms with van der Waals surface area (Å²) in [5.41, 5.74) is 1.27. The van der Waals surface area contributed by atoms with Crippen LogP contribution in [0.4, 0.5) is 0 Å². The van der Waals surface area contributed by atoms with Gasteiger partial charge in [0, 0.05) is 13.0 Å². The first-order chi connectivity index (χ1) is 13.0. The maximum absolute atomic E-state index is 12.2. The number of aromatic carboxylic acids is 1. The molecule has 2 rings (SSSR count). The van der Waals surface area contributed by atoms with E-state index in [4.69, 9.17) is 5.11 Å². The molecule has 27 heavy (non-hydrogen) atoms. The molecule has 1 aliphatic rings. The minimum Gasteiger partial charge on any atom is -0.478 e. The molecule has 0 aliphatic carbocycles. The number of carbonyl (C=O) groups excluding carboxylic acids is 1. The number of nitrogens with zero attached hydrogens (tertiary/aromatic N) is 1. The molecule has 0 aromatic heterocycles. The Hall–Kier alpha value is -2.14. The molecule has 1 unspecified atom stereocenters. The van der Waals surface area contributed by atoms with Crippen LogP contribution in [0.5, 0.6) is 0 Å². The summed E-state index contributed by atoms with van der Waals surface area (Å²) in [6.45, 7) is 2.79.